The fourth-order valence-electron chi connectivity index (χ4n) is 3.78. The maximum atomic E-state index is 13.0. The Kier molecular flexibility index (Phi) is 6.88. The molecule has 0 radical (unpaired) electrons. The Hall–Kier alpha value is -3.78. The molecule has 9 heteroatoms. The zero-order valence-corrected chi connectivity index (χ0v) is 19.6. The minimum Gasteiger partial charge on any atom is -0.267 e. The van der Waals surface area contributed by atoms with Crippen molar-refractivity contribution >= 4 is 45.1 Å². The first-order valence-corrected chi connectivity index (χ1v) is 11.4. The third kappa shape index (κ3) is 4.77. The molecule has 0 aliphatic carbocycles. The molecule has 8 nitrogen and oxygen atoms in total. The summed E-state index contributed by atoms with van der Waals surface area (Å²) in [5.41, 5.74) is 6.19. The molecule has 0 fully saturated rings. The Bertz CT molecular complexity index is 1460. The van der Waals surface area contributed by atoms with E-state index in [1.807, 2.05) is 0 Å². The van der Waals surface area contributed by atoms with E-state index in [9.17, 15) is 14.4 Å². The van der Waals surface area contributed by atoms with Crippen molar-refractivity contribution in [2.45, 2.75) is 39.7 Å². The highest BCUT2D eigenvalue weighted by molar-refractivity contribution is 6.31. The predicted molar refractivity (Wildman–Crippen MR) is 132 cm³/mol. The van der Waals surface area contributed by atoms with E-state index >= 15 is 0 Å². The summed E-state index contributed by atoms with van der Waals surface area (Å²) in [6, 6.07) is 13.7. The van der Waals surface area contributed by atoms with E-state index in [2.05, 4.69) is 27.9 Å². The van der Waals surface area contributed by atoms with Crippen molar-refractivity contribution in [3.05, 3.63) is 80.9 Å². The molecule has 0 aliphatic rings. The molecule has 2 N–H and O–H groups in total. The van der Waals surface area contributed by atoms with Crippen LogP contribution in [0.2, 0.25) is 5.02 Å². The van der Waals surface area contributed by atoms with Gasteiger partial charge in [0.25, 0.3) is 17.4 Å². The molecule has 0 aliphatic heterocycles. The summed E-state index contributed by atoms with van der Waals surface area (Å²) in [6.45, 7) is 4.19. The van der Waals surface area contributed by atoms with Gasteiger partial charge < -0.3 is 0 Å². The van der Waals surface area contributed by atoms with Crippen LogP contribution in [0.25, 0.3) is 21.7 Å². The van der Waals surface area contributed by atoms with Gasteiger partial charge in [0.1, 0.15) is 0 Å². The number of nitrogens with zero attached hydrogens (tertiary/aromatic N) is 3. The third-order valence-corrected chi connectivity index (χ3v) is 5.79. The van der Waals surface area contributed by atoms with Crippen molar-refractivity contribution in [3.63, 3.8) is 0 Å². The summed E-state index contributed by atoms with van der Waals surface area (Å²) in [4.78, 5) is 43.0. The number of rotatable bonds is 6. The summed E-state index contributed by atoms with van der Waals surface area (Å²) < 4.78 is 1.32. The van der Waals surface area contributed by atoms with E-state index in [0.717, 1.165) is 19.3 Å². The van der Waals surface area contributed by atoms with E-state index in [4.69, 9.17) is 11.6 Å². The number of halogens is 1. The van der Waals surface area contributed by atoms with Crippen molar-refractivity contribution in [3.8, 4) is 0 Å². The molecule has 2 heterocycles. The van der Waals surface area contributed by atoms with E-state index in [0.29, 0.717) is 44.5 Å². The number of hydrazine groups is 1. The highest BCUT2D eigenvalue weighted by Gasteiger charge is 2.18. The lowest BCUT2D eigenvalue weighted by Gasteiger charge is -2.12. The number of unbranched alkanes of at least 4 members (excludes halogenated alkanes) is 2. The van der Waals surface area contributed by atoms with Crippen molar-refractivity contribution in [2.75, 3.05) is 0 Å². The molecular weight excluding hydrogens is 454 g/mol. The number of amides is 2. The SMILES string of the molecule is CCCCCn1nc(C(=O)NNC(=O)c2cc3cc(Cl)ccc3nc2C)c2ccccc2c1=O. The second-order valence-corrected chi connectivity index (χ2v) is 8.43. The molecule has 0 unspecified atom stereocenters. The maximum absolute atomic E-state index is 13.0. The lowest BCUT2D eigenvalue weighted by Crippen LogP contribution is -2.43. The fourth-order valence-corrected chi connectivity index (χ4v) is 3.96. The van der Waals surface area contributed by atoms with Crippen LogP contribution in [-0.4, -0.2) is 26.6 Å². The Morgan fingerprint density at radius 1 is 1.00 bits per heavy atom. The normalized spacial score (nSPS) is 11.0. The van der Waals surface area contributed by atoms with E-state index in [1.54, 1.807) is 55.5 Å². The van der Waals surface area contributed by atoms with Gasteiger partial charge in [-0.2, -0.15) is 5.10 Å². The quantitative estimate of drug-likeness (QED) is 0.320. The van der Waals surface area contributed by atoms with Crippen LogP contribution in [0, 0.1) is 6.92 Å². The number of aromatic nitrogens is 3. The monoisotopic (exact) mass is 477 g/mol. The van der Waals surface area contributed by atoms with Crippen LogP contribution >= 0.6 is 11.6 Å². The lowest BCUT2D eigenvalue weighted by molar-refractivity contribution is 0.0843. The van der Waals surface area contributed by atoms with Gasteiger partial charge in [0.2, 0.25) is 0 Å². The number of hydrogen-bond acceptors (Lipinski definition) is 5. The van der Waals surface area contributed by atoms with E-state index in [1.165, 1.54) is 4.68 Å². The number of benzene rings is 2. The second-order valence-electron chi connectivity index (χ2n) is 8.00. The molecule has 34 heavy (non-hydrogen) atoms. The van der Waals surface area contributed by atoms with Crippen LogP contribution in [0.3, 0.4) is 0 Å². The fraction of sp³-hybridized carbons (Fsp3) is 0.240. The molecule has 0 saturated heterocycles. The zero-order chi connectivity index (χ0) is 24.2. The highest BCUT2D eigenvalue weighted by Crippen LogP contribution is 2.20. The number of nitrogens with one attached hydrogen (secondary N) is 2. The topological polar surface area (TPSA) is 106 Å². The van der Waals surface area contributed by atoms with Gasteiger partial charge >= 0.3 is 0 Å². The molecule has 0 bridgehead atoms. The van der Waals surface area contributed by atoms with Crippen LogP contribution in [-0.2, 0) is 6.54 Å². The van der Waals surface area contributed by atoms with Gasteiger partial charge in [0.15, 0.2) is 5.69 Å². The van der Waals surface area contributed by atoms with Gasteiger partial charge in [-0.25, -0.2) is 4.68 Å². The number of pyridine rings is 1. The number of carbonyl (C=O) groups is 2. The molecule has 4 aromatic rings. The summed E-state index contributed by atoms with van der Waals surface area (Å²) in [5, 5.41) is 6.37. The van der Waals surface area contributed by atoms with Crippen molar-refractivity contribution < 1.29 is 9.59 Å². The van der Waals surface area contributed by atoms with Crippen molar-refractivity contribution in [1.29, 1.82) is 0 Å². The first-order valence-electron chi connectivity index (χ1n) is 11.1. The first-order chi connectivity index (χ1) is 16.4. The zero-order valence-electron chi connectivity index (χ0n) is 18.9. The Morgan fingerprint density at radius 2 is 1.74 bits per heavy atom. The van der Waals surface area contributed by atoms with Crippen LogP contribution in [0.4, 0.5) is 0 Å². The van der Waals surface area contributed by atoms with Gasteiger partial charge in [0.05, 0.1) is 22.2 Å². The van der Waals surface area contributed by atoms with Crippen molar-refractivity contribution in [1.82, 2.24) is 25.6 Å². The molecule has 174 valence electrons. The van der Waals surface area contributed by atoms with Crippen LogP contribution in [0.1, 0.15) is 52.7 Å². The van der Waals surface area contributed by atoms with Crippen molar-refractivity contribution in [2.24, 2.45) is 0 Å². The van der Waals surface area contributed by atoms with Gasteiger partial charge in [-0.05, 0) is 43.7 Å². The maximum Gasteiger partial charge on any atom is 0.290 e. The molecular formula is C25H24ClN5O3. The van der Waals surface area contributed by atoms with Crippen LogP contribution in [0.5, 0.6) is 0 Å². The molecule has 2 amide bonds. The van der Waals surface area contributed by atoms with E-state index < -0.39 is 11.8 Å². The highest BCUT2D eigenvalue weighted by atomic mass is 35.5. The van der Waals surface area contributed by atoms with Gasteiger partial charge in [-0.3, -0.25) is 30.2 Å². The number of hydrogen-bond donors (Lipinski definition) is 2. The first kappa shape index (κ1) is 23.4. The smallest absolute Gasteiger partial charge is 0.267 e. The second kappa shape index (κ2) is 10.0. The molecule has 0 spiro atoms. The minimum absolute atomic E-state index is 0.0622. The Balaban J connectivity index is 1.59. The molecule has 4 rings (SSSR count). The summed E-state index contributed by atoms with van der Waals surface area (Å²) in [6.07, 6.45) is 2.72. The predicted octanol–water partition coefficient (Wildman–Crippen LogP) is 4.17. The third-order valence-electron chi connectivity index (χ3n) is 5.56. The van der Waals surface area contributed by atoms with Gasteiger partial charge in [0, 0.05) is 22.3 Å². The average molecular weight is 478 g/mol. The Morgan fingerprint density at radius 3 is 2.50 bits per heavy atom. The largest absolute Gasteiger partial charge is 0.290 e. The summed E-state index contributed by atoms with van der Waals surface area (Å²) in [5.74, 6) is -1.15. The number of carbonyl (C=O) groups excluding carboxylic acids is 2. The lowest BCUT2D eigenvalue weighted by atomic mass is 10.1. The minimum atomic E-state index is -0.622. The molecule has 2 aromatic carbocycles. The van der Waals surface area contributed by atoms with Crippen LogP contribution in [0.15, 0.2) is 53.3 Å². The molecule has 0 saturated carbocycles. The number of fused-ring (bicyclic) bond motifs is 2. The Labute approximate surface area is 200 Å². The number of aryl methyl sites for hydroxylation is 2. The molecule has 0 atom stereocenters. The van der Waals surface area contributed by atoms with Crippen LogP contribution < -0.4 is 16.4 Å². The van der Waals surface area contributed by atoms with E-state index in [-0.39, 0.29) is 11.3 Å². The molecule has 2 aromatic heterocycles. The average Bonchev–Trinajstić information content (AvgIpc) is 2.83. The van der Waals surface area contributed by atoms with Gasteiger partial charge in [-0.1, -0.05) is 49.6 Å². The summed E-state index contributed by atoms with van der Waals surface area (Å²) >= 11 is 6.06. The standard InChI is InChI=1S/C25H24ClN5O3/c1-3-4-7-12-31-25(34)19-9-6-5-8-18(19)22(30-31)24(33)29-28-23(32)20-14-16-13-17(26)10-11-21(16)27-15(20)2/h5-6,8-11,13-14H,3-4,7,12H2,1-2H3,(H,28,32)(H,29,33). The van der Waals surface area contributed by atoms with Gasteiger partial charge in [-0.15, -0.1) is 0 Å². The summed E-state index contributed by atoms with van der Waals surface area (Å²) in [7, 11) is 0.